The van der Waals surface area contributed by atoms with E-state index in [2.05, 4.69) is 9.97 Å². The molecule has 2 aromatic carbocycles. The van der Waals surface area contributed by atoms with Crippen LogP contribution in [0.3, 0.4) is 0 Å². The Morgan fingerprint density at radius 3 is 2.76 bits per heavy atom. The molecule has 21 heavy (non-hydrogen) atoms. The minimum absolute atomic E-state index is 0.575. The van der Waals surface area contributed by atoms with Crippen molar-refractivity contribution < 1.29 is 9.47 Å². The first-order valence-corrected chi connectivity index (χ1v) is 7.06. The van der Waals surface area contributed by atoms with Gasteiger partial charge in [0.2, 0.25) is 0 Å². The summed E-state index contributed by atoms with van der Waals surface area (Å²) in [6.07, 6.45) is 0. The Labute approximate surface area is 127 Å². The summed E-state index contributed by atoms with van der Waals surface area (Å²) in [4.78, 5) is 7.82. The van der Waals surface area contributed by atoms with E-state index < -0.39 is 0 Å². The molecule has 0 aliphatic carbocycles. The number of aromatic amines is 1. The highest BCUT2D eigenvalue weighted by Crippen LogP contribution is 2.33. The molecule has 5 heteroatoms. The Morgan fingerprint density at radius 1 is 1.19 bits per heavy atom. The van der Waals surface area contributed by atoms with Crippen molar-refractivity contribution in [1.29, 1.82) is 0 Å². The van der Waals surface area contributed by atoms with Crippen molar-refractivity contribution in [2.24, 2.45) is 0 Å². The third-order valence-corrected chi connectivity index (χ3v) is 3.51. The summed E-state index contributed by atoms with van der Waals surface area (Å²) in [6, 6.07) is 11.4. The zero-order chi connectivity index (χ0) is 14.8. The average molecular weight is 303 g/mol. The standard InChI is InChI=1S/C16H15ClN2O2/c1-3-21-14-9-10(7-8-13(14)20-2)16-18-12-6-4-5-11(17)15(12)19-16/h4-9H,3H2,1-2H3,(H,18,19). The zero-order valence-electron chi connectivity index (χ0n) is 11.8. The van der Waals surface area contributed by atoms with Crippen LogP contribution in [0.2, 0.25) is 5.02 Å². The van der Waals surface area contributed by atoms with Gasteiger partial charge in [-0.1, -0.05) is 17.7 Å². The molecule has 0 atom stereocenters. The Morgan fingerprint density at radius 2 is 2.05 bits per heavy atom. The van der Waals surface area contributed by atoms with E-state index in [1.165, 1.54) is 0 Å². The number of halogens is 1. The topological polar surface area (TPSA) is 47.1 Å². The Bertz CT molecular complexity index is 783. The first-order chi connectivity index (χ1) is 10.2. The predicted octanol–water partition coefficient (Wildman–Crippen LogP) is 4.29. The fourth-order valence-electron chi connectivity index (χ4n) is 2.23. The van der Waals surface area contributed by atoms with E-state index >= 15 is 0 Å². The minimum atomic E-state index is 0.575. The quantitative estimate of drug-likeness (QED) is 0.782. The van der Waals surface area contributed by atoms with Crippen LogP contribution in [0.5, 0.6) is 11.5 Å². The number of benzene rings is 2. The molecule has 0 saturated carbocycles. The number of H-pyrrole nitrogens is 1. The second-order valence-corrected chi connectivity index (χ2v) is 4.93. The summed E-state index contributed by atoms with van der Waals surface area (Å²) in [5.41, 5.74) is 2.60. The zero-order valence-corrected chi connectivity index (χ0v) is 12.6. The monoisotopic (exact) mass is 302 g/mol. The van der Waals surface area contributed by atoms with Gasteiger partial charge >= 0.3 is 0 Å². The van der Waals surface area contributed by atoms with Crippen LogP contribution in [0.4, 0.5) is 0 Å². The average Bonchev–Trinajstić information content (AvgIpc) is 2.93. The number of para-hydroxylation sites is 1. The van der Waals surface area contributed by atoms with Gasteiger partial charge in [0.05, 0.1) is 24.3 Å². The van der Waals surface area contributed by atoms with Crippen molar-refractivity contribution in [1.82, 2.24) is 9.97 Å². The molecule has 0 amide bonds. The molecule has 4 nitrogen and oxygen atoms in total. The molecule has 0 radical (unpaired) electrons. The van der Waals surface area contributed by atoms with Gasteiger partial charge in [0.15, 0.2) is 11.5 Å². The van der Waals surface area contributed by atoms with Crippen LogP contribution in [0.25, 0.3) is 22.4 Å². The number of aromatic nitrogens is 2. The minimum Gasteiger partial charge on any atom is -0.493 e. The van der Waals surface area contributed by atoms with E-state index in [0.717, 1.165) is 22.4 Å². The number of hydrogen-bond acceptors (Lipinski definition) is 3. The summed E-state index contributed by atoms with van der Waals surface area (Å²) in [5.74, 6) is 2.15. The van der Waals surface area contributed by atoms with E-state index in [1.54, 1.807) is 7.11 Å². The van der Waals surface area contributed by atoms with Gasteiger partial charge in [0.25, 0.3) is 0 Å². The van der Waals surface area contributed by atoms with Crippen molar-refractivity contribution in [3.8, 4) is 22.9 Å². The fraction of sp³-hybridized carbons (Fsp3) is 0.188. The third-order valence-electron chi connectivity index (χ3n) is 3.20. The van der Waals surface area contributed by atoms with E-state index in [1.807, 2.05) is 43.3 Å². The summed E-state index contributed by atoms with van der Waals surface area (Å²) in [7, 11) is 1.62. The van der Waals surface area contributed by atoms with E-state index in [4.69, 9.17) is 21.1 Å². The maximum Gasteiger partial charge on any atom is 0.161 e. The van der Waals surface area contributed by atoms with Crippen LogP contribution in [0, 0.1) is 0 Å². The number of hydrogen-bond donors (Lipinski definition) is 1. The second kappa shape index (κ2) is 5.66. The fourth-order valence-corrected chi connectivity index (χ4v) is 2.44. The molecule has 0 spiro atoms. The molecular formula is C16H15ClN2O2. The molecule has 3 aromatic rings. The van der Waals surface area contributed by atoms with Gasteiger partial charge in [-0.25, -0.2) is 4.98 Å². The number of fused-ring (bicyclic) bond motifs is 1. The van der Waals surface area contributed by atoms with Crippen molar-refractivity contribution in [2.45, 2.75) is 6.92 Å². The lowest BCUT2D eigenvalue weighted by molar-refractivity contribution is 0.311. The normalized spacial score (nSPS) is 10.8. The van der Waals surface area contributed by atoms with Crippen molar-refractivity contribution in [3.05, 3.63) is 41.4 Å². The molecule has 0 aliphatic heterocycles. The number of ether oxygens (including phenoxy) is 2. The van der Waals surface area contributed by atoms with Gasteiger partial charge in [-0.3, -0.25) is 0 Å². The summed E-state index contributed by atoms with van der Waals surface area (Å²) >= 11 is 6.16. The maximum atomic E-state index is 6.16. The summed E-state index contributed by atoms with van der Waals surface area (Å²) in [6.45, 7) is 2.51. The lowest BCUT2D eigenvalue weighted by atomic mass is 10.2. The van der Waals surface area contributed by atoms with Crippen molar-refractivity contribution in [2.75, 3.05) is 13.7 Å². The van der Waals surface area contributed by atoms with Gasteiger partial charge in [0.1, 0.15) is 11.3 Å². The van der Waals surface area contributed by atoms with Crippen LogP contribution in [0.1, 0.15) is 6.92 Å². The van der Waals surface area contributed by atoms with Crippen LogP contribution >= 0.6 is 11.6 Å². The lowest BCUT2D eigenvalue weighted by Gasteiger charge is -2.10. The second-order valence-electron chi connectivity index (χ2n) is 4.52. The number of methoxy groups -OCH3 is 1. The molecule has 1 aromatic heterocycles. The molecule has 0 fully saturated rings. The van der Waals surface area contributed by atoms with Crippen LogP contribution in [-0.4, -0.2) is 23.7 Å². The van der Waals surface area contributed by atoms with E-state index in [-0.39, 0.29) is 0 Å². The molecule has 108 valence electrons. The van der Waals surface area contributed by atoms with Gasteiger partial charge in [0, 0.05) is 5.56 Å². The van der Waals surface area contributed by atoms with E-state index in [0.29, 0.717) is 23.1 Å². The predicted molar refractivity (Wildman–Crippen MR) is 84.3 cm³/mol. The number of rotatable bonds is 4. The van der Waals surface area contributed by atoms with Gasteiger partial charge in [-0.05, 0) is 37.3 Å². The lowest BCUT2D eigenvalue weighted by Crippen LogP contribution is -1.95. The molecule has 0 bridgehead atoms. The van der Waals surface area contributed by atoms with Crippen LogP contribution < -0.4 is 9.47 Å². The highest BCUT2D eigenvalue weighted by molar-refractivity contribution is 6.35. The third kappa shape index (κ3) is 2.54. The van der Waals surface area contributed by atoms with Crippen molar-refractivity contribution in [3.63, 3.8) is 0 Å². The molecule has 1 heterocycles. The highest BCUT2D eigenvalue weighted by Gasteiger charge is 2.11. The molecular weight excluding hydrogens is 288 g/mol. The van der Waals surface area contributed by atoms with Crippen LogP contribution in [0.15, 0.2) is 36.4 Å². The molecule has 0 aliphatic rings. The first kappa shape index (κ1) is 13.8. The Kier molecular flexibility index (Phi) is 3.71. The number of nitrogens with one attached hydrogen (secondary N) is 1. The Hall–Kier alpha value is -2.20. The largest absolute Gasteiger partial charge is 0.493 e. The van der Waals surface area contributed by atoms with Gasteiger partial charge < -0.3 is 14.5 Å². The molecule has 3 rings (SSSR count). The Balaban J connectivity index is 2.09. The molecule has 1 N–H and O–H groups in total. The smallest absolute Gasteiger partial charge is 0.161 e. The summed E-state index contributed by atoms with van der Waals surface area (Å²) in [5, 5.41) is 0.633. The molecule has 0 unspecified atom stereocenters. The summed E-state index contributed by atoms with van der Waals surface area (Å²) < 4.78 is 10.9. The number of imidazole rings is 1. The molecule has 0 saturated heterocycles. The van der Waals surface area contributed by atoms with Gasteiger partial charge in [-0.2, -0.15) is 0 Å². The highest BCUT2D eigenvalue weighted by atomic mass is 35.5. The van der Waals surface area contributed by atoms with E-state index in [9.17, 15) is 0 Å². The maximum absolute atomic E-state index is 6.16. The van der Waals surface area contributed by atoms with Crippen LogP contribution in [-0.2, 0) is 0 Å². The van der Waals surface area contributed by atoms with Gasteiger partial charge in [-0.15, -0.1) is 0 Å². The SMILES string of the molecule is CCOc1cc(-c2nc3c(Cl)cccc3[nH]2)ccc1OC. The number of nitrogens with zero attached hydrogens (tertiary/aromatic N) is 1. The van der Waals surface area contributed by atoms with Crippen molar-refractivity contribution >= 4 is 22.6 Å². The first-order valence-electron chi connectivity index (χ1n) is 6.68.